The first-order valence-electron chi connectivity index (χ1n) is 9.60. The second kappa shape index (κ2) is 7.57. The third-order valence-corrected chi connectivity index (χ3v) is 5.71. The Bertz CT molecular complexity index is 694. The minimum absolute atomic E-state index is 0.0644. The Morgan fingerprint density at radius 1 is 0.615 bits per heavy atom. The fourth-order valence-corrected chi connectivity index (χ4v) is 4.41. The molecule has 0 aromatic heterocycles. The fraction of sp³-hybridized carbons (Fsp3) is 0.417. The van der Waals surface area contributed by atoms with Crippen LogP contribution in [0.15, 0.2) is 60.7 Å². The lowest BCUT2D eigenvalue weighted by Crippen LogP contribution is -2.53. The van der Waals surface area contributed by atoms with Gasteiger partial charge < -0.3 is 0 Å². The van der Waals surface area contributed by atoms with Gasteiger partial charge >= 0.3 is 0 Å². The van der Waals surface area contributed by atoms with Crippen molar-refractivity contribution in [2.45, 2.75) is 39.5 Å². The van der Waals surface area contributed by atoms with Crippen LogP contribution in [-0.4, -0.2) is 11.6 Å². The summed E-state index contributed by atoms with van der Waals surface area (Å²) in [6, 6.07) is 20.4. The van der Waals surface area contributed by atoms with Gasteiger partial charge in [-0.1, -0.05) is 88.4 Å². The average molecular weight is 348 g/mol. The molecule has 26 heavy (non-hydrogen) atoms. The maximum atomic E-state index is 13.1. The third-order valence-electron chi connectivity index (χ3n) is 5.71. The highest BCUT2D eigenvalue weighted by Gasteiger charge is 2.57. The molecule has 2 aromatic rings. The minimum Gasteiger partial charge on any atom is -0.299 e. The zero-order chi connectivity index (χ0) is 18.8. The Labute approximate surface area is 156 Å². The van der Waals surface area contributed by atoms with Crippen molar-refractivity contribution in [3.8, 4) is 0 Å². The fourth-order valence-electron chi connectivity index (χ4n) is 4.41. The lowest BCUT2D eigenvalue weighted by Gasteiger charge is -2.52. The van der Waals surface area contributed by atoms with Crippen LogP contribution in [0.3, 0.4) is 0 Å². The van der Waals surface area contributed by atoms with Crippen LogP contribution in [0.1, 0.15) is 50.7 Å². The Kier molecular flexibility index (Phi) is 5.41. The molecule has 0 heterocycles. The molecule has 0 saturated heterocycles. The predicted molar refractivity (Wildman–Crippen MR) is 105 cm³/mol. The summed E-state index contributed by atoms with van der Waals surface area (Å²) in [6.07, 6.45) is 0. The van der Waals surface area contributed by atoms with Gasteiger partial charge in [-0.15, -0.1) is 0 Å². The first kappa shape index (κ1) is 18.6. The number of hydrogen-bond acceptors (Lipinski definition) is 2. The summed E-state index contributed by atoms with van der Waals surface area (Å²) < 4.78 is 0. The molecule has 4 atom stereocenters. The molecule has 1 aliphatic rings. The maximum Gasteiger partial charge on any atom is 0.139 e. The van der Waals surface area contributed by atoms with Gasteiger partial charge in [0.25, 0.3) is 0 Å². The van der Waals surface area contributed by atoms with Crippen LogP contribution in [0.5, 0.6) is 0 Å². The topological polar surface area (TPSA) is 34.1 Å². The molecule has 2 aromatic carbocycles. The highest BCUT2D eigenvalue weighted by atomic mass is 16.1. The second-order valence-electron chi connectivity index (χ2n) is 8.04. The van der Waals surface area contributed by atoms with E-state index in [2.05, 4.69) is 24.3 Å². The van der Waals surface area contributed by atoms with E-state index in [0.717, 1.165) is 11.1 Å². The summed E-state index contributed by atoms with van der Waals surface area (Å²) >= 11 is 0. The van der Waals surface area contributed by atoms with E-state index in [1.54, 1.807) is 0 Å². The molecule has 4 unspecified atom stereocenters. The lowest BCUT2D eigenvalue weighted by molar-refractivity contribution is -0.145. The highest BCUT2D eigenvalue weighted by Crippen LogP contribution is 2.59. The van der Waals surface area contributed by atoms with Crippen LogP contribution < -0.4 is 0 Å². The monoisotopic (exact) mass is 348 g/mol. The van der Waals surface area contributed by atoms with Gasteiger partial charge in [0, 0.05) is 35.5 Å². The van der Waals surface area contributed by atoms with Gasteiger partial charge in [0.2, 0.25) is 0 Å². The zero-order valence-corrected chi connectivity index (χ0v) is 16.1. The molecular weight excluding hydrogens is 320 g/mol. The van der Waals surface area contributed by atoms with Crippen molar-refractivity contribution in [1.82, 2.24) is 0 Å². The van der Waals surface area contributed by atoms with E-state index in [-0.39, 0.29) is 47.1 Å². The molecule has 0 aliphatic heterocycles. The van der Waals surface area contributed by atoms with Crippen molar-refractivity contribution in [1.29, 1.82) is 0 Å². The van der Waals surface area contributed by atoms with E-state index in [1.165, 1.54) is 0 Å². The first-order valence-corrected chi connectivity index (χ1v) is 9.60. The second-order valence-corrected chi connectivity index (χ2v) is 8.04. The van der Waals surface area contributed by atoms with E-state index in [1.807, 2.05) is 64.1 Å². The van der Waals surface area contributed by atoms with Crippen molar-refractivity contribution in [3.63, 3.8) is 0 Å². The normalized spacial score (nSPS) is 25.2. The summed E-state index contributed by atoms with van der Waals surface area (Å²) in [6.45, 7) is 7.77. The van der Waals surface area contributed by atoms with E-state index >= 15 is 0 Å². The molecular formula is C24H28O2. The van der Waals surface area contributed by atoms with Gasteiger partial charge in [-0.05, 0) is 11.1 Å². The lowest BCUT2D eigenvalue weighted by atomic mass is 9.49. The zero-order valence-electron chi connectivity index (χ0n) is 16.1. The SMILES string of the molecule is CC(C)C(=O)C1C(C(=O)C(C)C)C(c2ccccc2)C1c1ccccc1. The number of ketones is 2. The van der Waals surface area contributed by atoms with Crippen LogP contribution in [-0.2, 0) is 9.59 Å². The Hall–Kier alpha value is -2.22. The van der Waals surface area contributed by atoms with E-state index < -0.39 is 0 Å². The van der Waals surface area contributed by atoms with Crippen LogP contribution in [0.2, 0.25) is 0 Å². The summed E-state index contributed by atoms with van der Waals surface area (Å²) in [5, 5.41) is 0. The van der Waals surface area contributed by atoms with Crippen LogP contribution in [0.25, 0.3) is 0 Å². The average Bonchev–Trinajstić information content (AvgIpc) is 2.62. The van der Waals surface area contributed by atoms with Crippen molar-refractivity contribution in [2.75, 3.05) is 0 Å². The summed E-state index contributed by atoms with van der Waals surface area (Å²) in [5.74, 6) is -0.0109. The standard InChI is InChI=1S/C24H28O2/c1-15(2)23(25)21-19(17-11-7-5-8-12-17)20(18-13-9-6-10-14-18)22(21)24(26)16(3)4/h5-16,19-22H,1-4H3. The van der Waals surface area contributed by atoms with Gasteiger partial charge in [-0.25, -0.2) is 0 Å². The van der Waals surface area contributed by atoms with Gasteiger partial charge in [-0.3, -0.25) is 9.59 Å². The molecule has 1 aliphatic carbocycles. The summed E-state index contributed by atoms with van der Waals surface area (Å²) in [4.78, 5) is 26.1. The molecule has 0 bridgehead atoms. The van der Waals surface area contributed by atoms with Gasteiger partial charge in [0.05, 0.1) is 0 Å². The molecule has 0 N–H and O–H groups in total. The number of rotatable bonds is 6. The molecule has 0 radical (unpaired) electrons. The van der Waals surface area contributed by atoms with Crippen molar-refractivity contribution in [2.24, 2.45) is 23.7 Å². The minimum atomic E-state index is -0.225. The van der Waals surface area contributed by atoms with E-state index in [0.29, 0.717) is 0 Å². The molecule has 2 heteroatoms. The van der Waals surface area contributed by atoms with Crippen molar-refractivity contribution in [3.05, 3.63) is 71.8 Å². The quantitative estimate of drug-likeness (QED) is 0.714. The summed E-state index contributed by atoms with van der Waals surface area (Å²) in [7, 11) is 0. The Morgan fingerprint density at radius 2 is 0.923 bits per heavy atom. The highest BCUT2D eigenvalue weighted by molar-refractivity contribution is 5.95. The number of Topliss-reactive ketones (excluding diaryl/α,β-unsaturated/α-hetero) is 2. The van der Waals surface area contributed by atoms with Crippen molar-refractivity contribution < 1.29 is 9.59 Å². The third kappa shape index (κ3) is 3.25. The molecule has 2 nitrogen and oxygen atoms in total. The van der Waals surface area contributed by atoms with Crippen LogP contribution in [0.4, 0.5) is 0 Å². The smallest absolute Gasteiger partial charge is 0.139 e. The van der Waals surface area contributed by atoms with Gasteiger partial charge in [0.15, 0.2) is 0 Å². The molecule has 0 spiro atoms. The molecule has 136 valence electrons. The largest absolute Gasteiger partial charge is 0.299 e. The summed E-state index contributed by atoms with van der Waals surface area (Å²) in [5.41, 5.74) is 2.32. The van der Waals surface area contributed by atoms with Crippen LogP contribution >= 0.6 is 0 Å². The number of carbonyl (C=O) groups is 2. The van der Waals surface area contributed by atoms with Gasteiger partial charge in [-0.2, -0.15) is 0 Å². The molecule has 1 fully saturated rings. The molecule has 3 rings (SSSR count). The number of hydrogen-bond donors (Lipinski definition) is 0. The molecule has 1 saturated carbocycles. The number of benzene rings is 2. The maximum absolute atomic E-state index is 13.1. The molecule has 0 amide bonds. The predicted octanol–water partition coefficient (Wildman–Crippen LogP) is 5.25. The van der Waals surface area contributed by atoms with Crippen molar-refractivity contribution >= 4 is 11.6 Å². The Balaban J connectivity index is 2.10. The van der Waals surface area contributed by atoms with Crippen LogP contribution in [0, 0.1) is 23.7 Å². The number of carbonyl (C=O) groups excluding carboxylic acids is 2. The Morgan fingerprint density at radius 3 is 1.19 bits per heavy atom. The first-order chi connectivity index (χ1) is 12.4. The van der Waals surface area contributed by atoms with E-state index in [4.69, 9.17) is 0 Å². The van der Waals surface area contributed by atoms with Gasteiger partial charge in [0.1, 0.15) is 11.6 Å². The van der Waals surface area contributed by atoms with E-state index in [9.17, 15) is 9.59 Å².